The molecule has 0 aliphatic heterocycles. The first kappa shape index (κ1) is 18.9. The molecule has 0 saturated heterocycles. The summed E-state index contributed by atoms with van der Waals surface area (Å²) < 4.78 is 38.3. The number of nitro benzene ring substituents is 1. The van der Waals surface area contributed by atoms with Crippen LogP contribution in [0, 0.1) is 10.1 Å². The molecule has 1 aromatic rings. The molecule has 22 heavy (non-hydrogen) atoms. The summed E-state index contributed by atoms with van der Waals surface area (Å²) in [5, 5.41) is 22.0. The van der Waals surface area contributed by atoms with Crippen molar-refractivity contribution in [3.05, 3.63) is 32.8 Å². The summed E-state index contributed by atoms with van der Waals surface area (Å²) in [6.07, 6.45) is -3.04. The first-order valence-corrected chi connectivity index (χ1v) is 7.73. The average molecular weight is 359 g/mol. The minimum absolute atomic E-state index is 0.122. The molecule has 0 saturated carbocycles. The van der Waals surface area contributed by atoms with Crippen LogP contribution in [-0.2, 0) is 6.18 Å². The van der Waals surface area contributed by atoms with Crippen LogP contribution in [0.2, 0.25) is 5.02 Å². The van der Waals surface area contributed by atoms with E-state index >= 15 is 0 Å². The maximum atomic E-state index is 12.8. The monoisotopic (exact) mass is 358 g/mol. The highest BCUT2D eigenvalue weighted by Gasteiger charge is 2.36. The van der Waals surface area contributed by atoms with Gasteiger partial charge in [-0.3, -0.25) is 10.1 Å². The third-order valence-corrected chi connectivity index (χ3v) is 4.49. The number of thioether (sulfide) groups is 1. The third kappa shape index (κ3) is 4.40. The van der Waals surface area contributed by atoms with E-state index in [9.17, 15) is 28.4 Å². The van der Waals surface area contributed by atoms with Gasteiger partial charge in [-0.2, -0.15) is 24.9 Å². The van der Waals surface area contributed by atoms with Crippen LogP contribution in [0.15, 0.2) is 12.1 Å². The minimum Gasteiger partial charge on any atom is -0.395 e. The molecular weight excluding hydrogens is 345 g/mol. The van der Waals surface area contributed by atoms with E-state index in [4.69, 9.17) is 11.6 Å². The fourth-order valence-corrected chi connectivity index (χ4v) is 2.72. The van der Waals surface area contributed by atoms with Crippen molar-refractivity contribution in [2.45, 2.75) is 24.4 Å². The molecule has 0 fully saturated rings. The summed E-state index contributed by atoms with van der Waals surface area (Å²) in [7, 11) is 0. The third-order valence-electron chi connectivity index (χ3n) is 3.01. The highest BCUT2D eigenvalue weighted by molar-refractivity contribution is 7.99. The van der Waals surface area contributed by atoms with Gasteiger partial charge < -0.3 is 10.4 Å². The van der Waals surface area contributed by atoms with E-state index in [0.717, 1.165) is 6.07 Å². The van der Waals surface area contributed by atoms with Gasteiger partial charge in [0.25, 0.3) is 5.69 Å². The molecule has 0 heterocycles. The lowest BCUT2D eigenvalue weighted by atomic mass is 10.1. The number of halogens is 4. The van der Waals surface area contributed by atoms with Crippen molar-refractivity contribution in [3.8, 4) is 0 Å². The van der Waals surface area contributed by atoms with Gasteiger partial charge >= 0.3 is 6.18 Å². The van der Waals surface area contributed by atoms with Crippen LogP contribution < -0.4 is 5.32 Å². The summed E-state index contributed by atoms with van der Waals surface area (Å²) in [6, 6.07) is 0.879. The molecule has 0 radical (unpaired) electrons. The highest BCUT2D eigenvalue weighted by atomic mass is 35.5. The van der Waals surface area contributed by atoms with Crippen LogP contribution >= 0.6 is 23.4 Å². The predicted octanol–water partition coefficient (Wildman–Crippen LogP) is 3.79. The van der Waals surface area contributed by atoms with Gasteiger partial charge in [0.2, 0.25) is 0 Å². The summed E-state index contributed by atoms with van der Waals surface area (Å²) in [5.41, 5.74) is -2.10. The van der Waals surface area contributed by atoms with Crippen LogP contribution in [0.5, 0.6) is 0 Å². The van der Waals surface area contributed by atoms with Gasteiger partial charge in [-0.15, -0.1) is 0 Å². The predicted molar refractivity (Wildman–Crippen MR) is 80.6 cm³/mol. The lowest BCUT2D eigenvalue weighted by Crippen LogP contribution is -2.31. The Morgan fingerprint density at radius 3 is 2.50 bits per heavy atom. The van der Waals surface area contributed by atoms with Crippen molar-refractivity contribution in [2.75, 3.05) is 18.2 Å². The van der Waals surface area contributed by atoms with Gasteiger partial charge in [0.1, 0.15) is 5.69 Å². The van der Waals surface area contributed by atoms with E-state index in [2.05, 4.69) is 5.32 Å². The second-order valence-electron chi connectivity index (χ2n) is 4.49. The van der Waals surface area contributed by atoms with Crippen molar-refractivity contribution in [1.82, 2.24) is 0 Å². The molecule has 2 N–H and O–H groups in total. The molecule has 2 atom stereocenters. The second kappa shape index (κ2) is 7.38. The van der Waals surface area contributed by atoms with E-state index < -0.39 is 33.4 Å². The largest absolute Gasteiger partial charge is 0.418 e. The van der Waals surface area contributed by atoms with Crippen molar-refractivity contribution in [3.63, 3.8) is 0 Å². The zero-order chi connectivity index (χ0) is 17.1. The van der Waals surface area contributed by atoms with Gasteiger partial charge in [0.05, 0.1) is 22.1 Å². The van der Waals surface area contributed by atoms with Crippen LogP contribution in [0.4, 0.5) is 24.5 Å². The number of alkyl halides is 3. The Morgan fingerprint density at radius 2 is 2.09 bits per heavy atom. The van der Waals surface area contributed by atoms with Gasteiger partial charge in [-0.1, -0.05) is 11.6 Å². The van der Waals surface area contributed by atoms with E-state index in [-0.39, 0.29) is 17.5 Å². The molecule has 5 nitrogen and oxygen atoms in total. The maximum absolute atomic E-state index is 12.8. The zero-order valence-electron chi connectivity index (χ0n) is 11.6. The second-order valence-corrected chi connectivity index (χ2v) is 5.98. The number of nitrogens with zero attached hydrogens (tertiary/aromatic N) is 1. The van der Waals surface area contributed by atoms with Crippen LogP contribution in [-0.4, -0.2) is 34.2 Å². The standard InChI is InChI=1S/C12H14ClF3N2O3S/c1-6(11(5-19)22-2)17-9-4-8(13)7(12(14,15)16)3-10(9)18(20)21/h3-4,6,11,17,19H,5H2,1-2H3. The van der Waals surface area contributed by atoms with E-state index in [1.807, 2.05) is 0 Å². The van der Waals surface area contributed by atoms with E-state index in [1.54, 1.807) is 13.2 Å². The number of nitro groups is 1. The van der Waals surface area contributed by atoms with E-state index in [1.165, 1.54) is 11.8 Å². The topological polar surface area (TPSA) is 75.4 Å². The number of hydrogen-bond acceptors (Lipinski definition) is 5. The van der Waals surface area contributed by atoms with Crippen LogP contribution in [0.25, 0.3) is 0 Å². The van der Waals surface area contributed by atoms with Crippen molar-refractivity contribution in [2.24, 2.45) is 0 Å². The molecule has 1 aromatic carbocycles. The fraction of sp³-hybridized carbons (Fsp3) is 0.500. The molecule has 2 unspecified atom stereocenters. The van der Waals surface area contributed by atoms with Crippen molar-refractivity contribution in [1.29, 1.82) is 0 Å². The molecule has 0 aliphatic carbocycles. The Labute approximate surface area is 134 Å². The summed E-state index contributed by atoms with van der Waals surface area (Å²) in [5.74, 6) is 0. The lowest BCUT2D eigenvalue weighted by Gasteiger charge is -2.22. The first-order valence-electron chi connectivity index (χ1n) is 6.07. The van der Waals surface area contributed by atoms with Crippen molar-refractivity contribution < 1.29 is 23.2 Å². The molecule has 1 rings (SSSR count). The molecule has 10 heteroatoms. The molecule has 124 valence electrons. The summed E-state index contributed by atoms with van der Waals surface area (Å²) >= 11 is 6.91. The molecule has 0 amide bonds. The Hall–Kier alpha value is -1.19. The molecular formula is C12H14ClF3N2O3S. The molecule has 0 bridgehead atoms. The van der Waals surface area contributed by atoms with Gasteiger partial charge in [-0.25, -0.2) is 0 Å². The maximum Gasteiger partial charge on any atom is 0.418 e. The highest BCUT2D eigenvalue weighted by Crippen LogP contribution is 2.40. The number of anilines is 1. The number of aliphatic hydroxyl groups is 1. The Balaban J connectivity index is 3.25. The lowest BCUT2D eigenvalue weighted by molar-refractivity contribution is -0.384. The average Bonchev–Trinajstić information content (AvgIpc) is 2.38. The SMILES string of the molecule is CSC(CO)C(C)Nc1cc(Cl)c(C(F)(F)F)cc1[N+](=O)[O-]. The van der Waals surface area contributed by atoms with Crippen LogP contribution in [0.1, 0.15) is 12.5 Å². The van der Waals surface area contributed by atoms with Gasteiger partial charge in [0, 0.05) is 17.4 Å². The fourth-order valence-electron chi connectivity index (χ4n) is 1.82. The Morgan fingerprint density at radius 1 is 1.50 bits per heavy atom. The minimum atomic E-state index is -4.78. The number of benzene rings is 1. The Kier molecular flexibility index (Phi) is 6.33. The molecule has 0 aliphatic rings. The number of rotatable bonds is 6. The molecule has 0 spiro atoms. The smallest absolute Gasteiger partial charge is 0.395 e. The van der Waals surface area contributed by atoms with E-state index in [0.29, 0.717) is 6.07 Å². The van der Waals surface area contributed by atoms with Crippen molar-refractivity contribution >= 4 is 34.7 Å². The first-order chi connectivity index (χ1) is 10.1. The number of nitrogens with one attached hydrogen (secondary N) is 1. The number of hydrogen-bond donors (Lipinski definition) is 2. The number of aliphatic hydroxyl groups excluding tert-OH is 1. The van der Waals surface area contributed by atoms with Gasteiger partial charge in [-0.05, 0) is 19.2 Å². The Bertz CT molecular complexity index is 553. The van der Waals surface area contributed by atoms with Crippen LogP contribution in [0.3, 0.4) is 0 Å². The normalized spacial score (nSPS) is 14.5. The molecule has 0 aromatic heterocycles. The summed E-state index contributed by atoms with van der Waals surface area (Å²) in [6.45, 7) is 1.48. The zero-order valence-corrected chi connectivity index (χ0v) is 13.2. The van der Waals surface area contributed by atoms with Gasteiger partial charge in [0.15, 0.2) is 0 Å². The quantitative estimate of drug-likeness (QED) is 0.597. The summed E-state index contributed by atoms with van der Waals surface area (Å²) in [4.78, 5) is 10.1.